The van der Waals surface area contributed by atoms with Gasteiger partial charge in [-0.2, -0.15) is 5.10 Å². The van der Waals surface area contributed by atoms with E-state index in [0.29, 0.717) is 6.54 Å². The highest BCUT2D eigenvalue weighted by atomic mass is 127. The Balaban J connectivity index is 0.00000392. The molecule has 1 aromatic carbocycles. The fourth-order valence-electron chi connectivity index (χ4n) is 2.46. The minimum Gasteiger partial charge on any atom is -0.497 e. The summed E-state index contributed by atoms with van der Waals surface area (Å²) in [6.07, 6.45) is 5.20. The highest BCUT2D eigenvalue weighted by molar-refractivity contribution is 14.0. The molecule has 0 amide bonds. The number of nitrogens with one attached hydrogen (secondary N) is 2. The summed E-state index contributed by atoms with van der Waals surface area (Å²) in [5.74, 6) is 1.60. The highest BCUT2D eigenvalue weighted by Crippen LogP contribution is 2.14. The third-order valence-corrected chi connectivity index (χ3v) is 4.04. The average Bonchev–Trinajstić information content (AvgIpc) is 3.18. The molecule has 0 fully saturated rings. The monoisotopic (exact) mass is 501 g/mol. The number of guanidine groups is 1. The summed E-state index contributed by atoms with van der Waals surface area (Å²) in [5, 5.41) is 11.2. The molecule has 0 aliphatic carbocycles. The van der Waals surface area contributed by atoms with Crippen LogP contribution in [0.1, 0.15) is 31.9 Å². The number of rotatable bonds is 11. The molecule has 0 aliphatic heterocycles. The van der Waals surface area contributed by atoms with Crippen molar-refractivity contribution in [3.63, 3.8) is 0 Å². The molecule has 0 unspecified atom stereocenters. The van der Waals surface area contributed by atoms with E-state index < -0.39 is 0 Å². The van der Waals surface area contributed by atoms with Gasteiger partial charge in [0.15, 0.2) is 5.96 Å². The molecule has 0 bridgehead atoms. The van der Waals surface area contributed by atoms with Crippen LogP contribution in [-0.2, 0) is 11.3 Å². The van der Waals surface area contributed by atoms with Crippen LogP contribution in [0.5, 0.6) is 5.75 Å². The molecule has 8 heteroatoms. The predicted octanol–water partition coefficient (Wildman–Crippen LogP) is 3.37. The van der Waals surface area contributed by atoms with Crippen LogP contribution < -0.4 is 15.4 Å². The predicted molar refractivity (Wildman–Crippen MR) is 124 cm³/mol. The first kappa shape index (κ1) is 24.2. The van der Waals surface area contributed by atoms with Crippen molar-refractivity contribution in [2.75, 3.05) is 33.9 Å². The normalized spacial score (nSPS) is 11.0. The topological polar surface area (TPSA) is 72.7 Å². The van der Waals surface area contributed by atoms with Gasteiger partial charge in [0.25, 0.3) is 0 Å². The quantitative estimate of drug-likeness (QED) is 0.214. The number of benzene rings is 1. The lowest BCUT2D eigenvalue weighted by Gasteiger charge is -2.11. The van der Waals surface area contributed by atoms with Gasteiger partial charge in [0.05, 0.1) is 25.0 Å². The molecule has 0 spiro atoms. The van der Waals surface area contributed by atoms with Crippen LogP contribution in [0.4, 0.5) is 0 Å². The van der Waals surface area contributed by atoms with Crippen LogP contribution in [0.25, 0.3) is 5.69 Å². The number of nitrogens with zero attached hydrogens (tertiary/aromatic N) is 3. The second kappa shape index (κ2) is 14.2. The number of hydrogen-bond donors (Lipinski definition) is 2. The van der Waals surface area contributed by atoms with Crippen molar-refractivity contribution in [2.24, 2.45) is 4.99 Å². The van der Waals surface area contributed by atoms with E-state index >= 15 is 0 Å². The summed E-state index contributed by atoms with van der Waals surface area (Å²) in [5.41, 5.74) is 1.93. The fourth-order valence-corrected chi connectivity index (χ4v) is 2.46. The van der Waals surface area contributed by atoms with Crippen LogP contribution in [0, 0.1) is 0 Å². The maximum Gasteiger partial charge on any atom is 0.191 e. The number of halogens is 1. The molecule has 1 aromatic heterocycles. The highest BCUT2D eigenvalue weighted by Gasteiger charge is 2.03. The molecular formula is C20H32IN5O2. The number of aliphatic imine (C=N–C) groups is 1. The SMILES string of the molecule is CCCCOCCCNC(=NC)NCc1ccn(-c2ccc(OC)cc2)n1.I. The molecule has 2 rings (SSSR count). The zero-order chi connectivity index (χ0) is 19.3. The van der Waals surface area contributed by atoms with E-state index in [1.807, 2.05) is 41.2 Å². The van der Waals surface area contributed by atoms with Gasteiger partial charge in [-0.25, -0.2) is 4.68 Å². The Hall–Kier alpha value is -1.81. The molecule has 0 atom stereocenters. The van der Waals surface area contributed by atoms with Gasteiger partial charge in [-0.15, -0.1) is 24.0 Å². The van der Waals surface area contributed by atoms with Gasteiger partial charge in [-0.05, 0) is 43.2 Å². The molecule has 156 valence electrons. The maximum atomic E-state index is 5.56. The maximum absolute atomic E-state index is 5.56. The summed E-state index contributed by atoms with van der Waals surface area (Å²) in [6.45, 7) is 5.22. The number of methoxy groups -OCH3 is 1. The molecule has 2 aromatic rings. The Kier molecular flexibility index (Phi) is 12.3. The number of hydrogen-bond acceptors (Lipinski definition) is 4. The standard InChI is InChI=1S/C20H31N5O2.HI/c1-4-5-14-27-15-6-12-22-20(21-2)23-16-17-11-13-25(24-17)18-7-9-19(26-3)10-8-18;/h7-11,13H,4-6,12,14-16H2,1-3H3,(H2,21,22,23);1H. The Morgan fingerprint density at radius 1 is 1.11 bits per heavy atom. The molecule has 7 nitrogen and oxygen atoms in total. The van der Waals surface area contributed by atoms with E-state index in [2.05, 4.69) is 27.6 Å². The Bertz CT molecular complexity index is 688. The Morgan fingerprint density at radius 3 is 2.54 bits per heavy atom. The third-order valence-electron chi connectivity index (χ3n) is 4.04. The zero-order valence-electron chi connectivity index (χ0n) is 17.0. The van der Waals surface area contributed by atoms with Crippen molar-refractivity contribution < 1.29 is 9.47 Å². The smallest absolute Gasteiger partial charge is 0.191 e. The Labute approximate surface area is 184 Å². The summed E-state index contributed by atoms with van der Waals surface area (Å²) in [7, 11) is 3.43. The van der Waals surface area contributed by atoms with E-state index in [1.165, 1.54) is 6.42 Å². The van der Waals surface area contributed by atoms with Crippen LogP contribution in [-0.4, -0.2) is 49.7 Å². The average molecular weight is 501 g/mol. The molecule has 2 N–H and O–H groups in total. The summed E-state index contributed by atoms with van der Waals surface area (Å²) < 4.78 is 12.6. The molecule has 0 saturated carbocycles. The first-order valence-corrected chi connectivity index (χ1v) is 9.48. The lowest BCUT2D eigenvalue weighted by molar-refractivity contribution is 0.129. The van der Waals surface area contributed by atoms with Gasteiger partial charge >= 0.3 is 0 Å². The van der Waals surface area contributed by atoms with Gasteiger partial charge < -0.3 is 20.1 Å². The van der Waals surface area contributed by atoms with Gasteiger partial charge in [-0.1, -0.05) is 13.3 Å². The third kappa shape index (κ3) is 8.47. The molecule has 0 aliphatic rings. The van der Waals surface area contributed by atoms with E-state index in [-0.39, 0.29) is 24.0 Å². The van der Waals surface area contributed by atoms with E-state index in [4.69, 9.17) is 9.47 Å². The molecule has 0 saturated heterocycles. The van der Waals surface area contributed by atoms with E-state index in [0.717, 1.165) is 55.7 Å². The first-order valence-electron chi connectivity index (χ1n) is 9.48. The number of ether oxygens (including phenoxy) is 2. The fraction of sp³-hybridized carbons (Fsp3) is 0.500. The van der Waals surface area contributed by atoms with E-state index in [1.54, 1.807) is 14.2 Å². The summed E-state index contributed by atoms with van der Waals surface area (Å²) in [6, 6.07) is 9.80. The van der Waals surface area contributed by atoms with Crippen molar-refractivity contribution in [1.29, 1.82) is 0 Å². The number of aromatic nitrogens is 2. The van der Waals surface area contributed by atoms with Crippen molar-refractivity contribution in [3.05, 3.63) is 42.2 Å². The Morgan fingerprint density at radius 2 is 1.86 bits per heavy atom. The van der Waals surface area contributed by atoms with Crippen LogP contribution in [0.15, 0.2) is 41.5 Å². The minimum atomic E-state index is 0. The number of unbranched alkanes of at least 4 members (excludes halogenated alkanes) is 1. The van der Waals surface area contributed by atoms with Crippen LogP contribution >= 0.6 is 24.0 Å². The van der Waals surface area contributed by atoms with Crippen molar-refractivity contribution >= 4 is 29.9 Å². The first-order chi connectivity index (χ1) is 13.3. The van der Waals surface area contributed by atoms with Gasteiger partial charge in [0, 0.05) is 33.0 Å². The largest absolute Gasteiger partial charge is 0.497 e. The molecule has 1 heterocycles. The summed E-state index contributed by atoms with van der Waals surface area (Å²) in [4.78, 5) is 4.24. The van der Waals surface area contributed by atoms with Gasteiger partial charge in [0.2, 0.25) is 0 Å². The second-order valence-electron chi connectivity index (χ2n) is 6.12. The molecular weight excluding hydrogens is 469 g/mol. The van der Waals surface area contributed by atoms with Crippen molar-refractivity contribution in [1.82, 2.24) is 20.4 Å². The molecule has 28 heavy (non-hydrogen) atoms. The van der Waals surface area contributed by atoms with Gasteiger partial charge in [-0.3, -0.25) is 4.99 Å². The van der Waals surface area contributed by atoms with Crippen LogP contribution in [0.3, 0.4) is 0 Å². The zero-order valence-corrected chi connectivity index (χ0v) is 19.3. The minimum absolute atomic E-state index is 0. The summed E-state index contributed by atoms with van der Waals surface area (Å²) >= 11 is 0. The second-order valence-corrected chi connectivity index (χ2v) is 6.12. The van der Waals surface area contributed by atoms with Crippen LogP contribution in [0.2, 0.25) is 0 Å². The van der Waals surface area contributed by atoms with Crippen molar-refractivity contribution in [3.8, 4) is 11.4 Å². The molecule has 0 radical (unpaired) electrons. The van der Waals surface area contributed by atoms with Gasteiger partial charge in [0.1, 0.15) is 5.75 Å². The lowest BCUT2D eigenvalue weighted by atomic mass is 10.3. The lowest BCUT2D eigenvalue weighted by Crippen LogP contribution is -2.37. The van der Waals surface area contributed by atoms with Crippen molar-refractivity contribution in [2.45, 2.75) is 32.7 Å². The van der Waals surface area contributed by atoms with E-state index in [9.17, 15) is 0 Å².